The Kier molecular flexibility index (Phi) is 4.04. The van der Waals surface area contributed by atoms with Crippen molar-refractivity contribution < 1.29 is 14.3 Å². The smallest absolute Gasteiger partial charge is 0.231 e. The molecular formula is C14H18N2O3. The van der Waals surface area contributed by atoms with Crippen molar-refractivity contribution in [3.8, 4) is 5.75 Å². The summed E-state index contributed by atoms with van der Waals surface area (Å²) in [6.07, 6.45) is 0. The Morgan fingerprint density at radius 1 is 1.37 bits per heavy atom. The molecular weight excluding hydrogens is 244 g/mol. The molecule has 0 unspecified atom stereocenters. The van der Waals surface area contributed by atoms with Crippen LogP contribution in [0.2, 0.25) is 0 Å². The van der Waals surface area contributed by atoms with Crippen LogP contribution in [0.25, 0.3) is 0 Å². The molecule has 0 aromatic heterocycles. The largest absolute Gasteiger partial charge is 0.492 e. The lowest BCUT2D eigenvalue weighted by Crippen LogP contribution is -2.53. The van der Waals surface area contributed by atoms with Gasteiger partial charge in [0.1, 0.15) is 5.75 Å². The third kappa shape index (κ3) is 3.05. The van der Waals surface area contributed by atoms with Crippen molar-refractivity contribution in [2.75, 3.05) is 25.0 Å². The van der Waals surface area contributed by atoms with E-state index in [9.17, 15) is 9.59 Å². The SMILES string of the molecule is CCOc1ccccc1NC(=O)C1CN(C(C)=O)C1. The van der Waals surface area contributed by atoms with Crippen molar-refractivity contribution in [3.63, 3.8) is 0 Å². The lowest BCUT2D eigenvalue weighted by Gasteiger charge is -2.37. The van der Waals surface area contributed by atoms with Crippen molar-refractivity contribution >= 4 is 17.5 Å². The lowest BCUT2D eigenvalue weighted by molar-refractivity contribution is -0.139. The topological polar surface area (TPSA) is 58.6 Å². The second-order valence-electron chi connectivity index (χ2n) is 4.54. The van der Waals surface area contributed by atoms with Gasteiger partial charge in [-0.05, 0) is 19.1 Å². The standard InChI is InChI=1S/C14H18N2O3/c1-3-19-13-7-5-4-6-12(13)15-14(18)11-8-16(9-11)10(2)17/h4-7,11H,3,8-9H2,1-2H3,(H,15,18). The number of nitrogens with zero attached hydrogens (tertiary/aromatic N) is 1. The highest BCUT2D eigenvalue weighted by molar-refractivity contribution is 5.95. The summed E-state index contributed by atoms with van der Waals surface area (Å²) in [5, 5.41) is 2.85. The Hall–Kier alpha value is -2.04. The molecule has 0 saturated carbocycles. The summed E-state index contributed by atoms with van der Waals surface area (Å²) < 4.78 is 5.45. The molecule has 1 saturated heterocycles. The molecule has 5 heteroatoms. The van der Waals surface area contributed by atoms with Crippen LogP contribution in [0.4, 0.5) is 5.69 Å². The van der Waals surface area contributed by atoms with Crippen LogP contribution in [0.15, 0.2) is 24.3 Å². The summed E-state index contributed by atoms with van der Waals surface area (Å²) in [6.45, 7) is 4.96. The maximum absolute atomic E-state index is 12.0. The summed E-state index contributed by atoms with van der Waals surface area (Å²) in [5.74, 6) is 0.489. The molecule has 1 heterocycles. The fourth-order valence-electron chi connectivity index (χ4n) is 1.99. The monoisotopic (exact) mass is 262 g/mol. The van der Waals surface area contributed by atoms with E-state index in [1.54, 1.807) is 4.90 Å². The zero-order chi connectivity index (χ0) is 13.8. The van der Waals surface area contributed by atoms with Crippen LogP contribution in [-0.2, 0) is 9.59 Å². The molecule has 1 fully saturated rings. The third-order valence-electron chi connectivity index (χ3n) is 3.14. The van der Waals surface area contributed by atoms with Gasteiger partial charge in [0.25, 0.3) is 0 Å². The number of anilines is 1. The van der Waals surface area contributed by atoms with Crippen molar-refractivity contribution in [2.24, 2.45) is 5.92 Å². The number of amides is 2. The number of hydrogen-bond donors (Lipinski definition) is 1. The van der Waals surface area contributed by atoms with E-state index in [2.05, 4.69) is 5.32 Å². The van der Waals surface area contributed by atoms with Crippen LogP contribution in [0.5, 0.6) is 5.75 Å². The predicted octanol–water partition coefficient (Wildman–Crippen LogP) is 1.50. The normalized spacial score (nSPS) is 14.7. The van der Waals surface area contributed by atoms with Crippen LogP contribution >= 0.6 is 0 Å². The first-order valence-electron chi connectivity index (χ1n) is 6.40. The first-order chi connectivity index (χ1) is 9.11. The minimum atomic E-state index is -0.126. The van der Waals surface area contributed by atoms with Gasteiger partial charge >= 0.3 is 0 Å². The van der Waals surface area contributed by atoms with Crippen LogP contribution in [0.3, 0.4) is 0 Å². The number of para-hydroxylation sites is 2. The summed E-state index contributed by atoms with van der Waals surface area (Å²) in [6, 6.07) is 7.34. The maximum Gasteiger partial charge on any atom is 0.231 e. The molecule has 0 radical (unpaired) electrons. The fourth-order valence-corrected chi connectivity index (χ4v) is 1.99. The summed E-state index contributed by atoms with van der Waals surface area (Å²) in [5.41, 5.74) is 0.677. The van der Waals surface area contributed by atoms with E-state index in [-0.39, 0.29) is 17.7 Å². The van der Waals surface area contributed by atoms with Crippen molar-refractivity contribution in [1.82, 2.24) is 4.90 Å². The zero-order valence-corrected chi connectivity index (χ0v) is 11.2. The molecule has 1 aliphatic rings. The average molecular weight is 262 g/mol. The molecule has 102 valence electrons. The van der Waals surface area contributed by atoms with Gasteiger partial charge in [-0.15, -0.1) is 0 Å². The van der Waals surface area contributed by atoms with E-state index in [1.165, 1.54) is 6.92 Å². The molecule has 1 N–H and O–H groups in total. The van der Waals surface area contributed by atoms with Gasteiger partial charge in [-0.2, -0.15) is 0 Å². The molecule has 1 aromatic carbocycles. The van der Waals surface area contributed by atoms with E-state index in [0.717, 1.165) is 0 Å². The first-order valence-corrected chi connectivity index (χ1v) is 6.40. The highest BCUT2D eigenvalue weighted by atomic mass is 16.5. The highest BCUT2D eigenvalue weighted by Crippen LogP contribution is 2.25. The number of carbonyl (C=O) groups excluding carboxylic acids is 2. The van der Waals surface area contributed by atoms with E-state index in [4.69, 9.17) is 4.74 Å². The lowest BCUT2D eigenvalue weighted by atomic mass is 9.99. The van der Waals surface area contributed by atoms with E-state index < -0.39 is 0 Å². The number of ether oxygens (including phenoxy) is 1. The molecule has 0 atom stereocenters. The molecule has 2 amide bonds. The average Bonchev–Trinajstić information content (AvgIpc) is 2.29. The maximum atomic E-state index is 12.0. The van der Waals surface area contributed by atoms with Crippen LogP contribution in [0.1, 0.15) is 13.8 Å². The minimum Gasteiger partial charge on any atom is -0.492 e. The molecule has 0 spiro atoms. The predicted molar refractivity (Wildman–Crippen MR) is 72.0 cm³/mol. The van der Waals surface area contributed by atoms with Crippen LogP contribution in [-0.4, -0.2) is 36.4 Å². The van der Waals surface area contributed by atoms with Gasteiger partial charge in [-0.1, -0.05) is 12.1 Å². The van der Waals surface area contributed by atoms with Gasteiger partial charge in [-0.25, -0.2) is 0 Å². The van der Waals surface area contributed by atoms with Gasteiger partial charge in [0.15, 0.2) is 0 Å². The van der Waals surface area contributed by atoms with Gasteiger partial charge in [0.2, 0.25) is 11.8 Å². The second kappa shape index (κ2) is 5.73. The van der Waals surface area contributed by atoms with Crippen molar-refractivity contribution in [1.29, 1.82) is 0 Å². The van der Waals surface area contributed by atoms with E-state index in [0.29, 0.717) is 31.1 Å². The minimum absolute atomic E-state index is 0.0127. The molecule has 1 aliphatic heterocycles. The Bertz CT molecular complexity index is 481. The Balaban J connectivity index is 1.95. The third-order valence-corrected chi connectivity index (χ3v) is 3.14. The summed E-state index contributed by atoms with van der Waals surface area (Å²) in [4.78, 5) is 24.7. The number of benzene rings is 1. The number of nitrogens with one attached hydrogen (secondary N) is 1. The van der Waals surface area contributed by atoms with Crippen molar-refractivity contribution in [3.05, 3.63) is 24.3 Å². The molecule has 5 nitrogen and oxygen atoms in total. The molecule has 19 heavy (non-hydrogen) atoms. The number of hydrogen-bond acceptors (Lipinski definition) is 3. The van der Waals surface area contributed by atoms with Crippen LogP contribution < -0.4 is 10.1 Å². The quantitative estimate of drug-likeness (QED) is 0.894. The van der Waals surface area contributed by atoms with E-state index in [1.807, 2.05) is 31.2 Å². The summed E-state index contributed by atoms with van der Waals surface area (Å²) >= 11 is 0. The Morgan fingerprint density at radius 2 is 2.05 bits per heavy atom. The highest BCUT2D eigenvalue weighted by Gasteiger charge is 2.34. The molecule has 2 rings (SSSR count). The first kappa shape index (κ1) is 13.4. The Morgan fingerprint density at radius 3 is 2.68 bits per heavy atom. The van der Waals surface area contributed by atoms with Gasteiger partial charge < -0.3 is 15.0 Å². The molecule has 1 aromatic rings. The van der Waals surface area contributed by atoms with Crippen molar-refractivity contribution in [2.45, 2.75) is 13.8 Å². The number of carbonyl (C=O) groups is 2. The number of likely N-dealkylation sites (tertiary alicyclic amines) is 1. The zero-order valence-electron chi connectivity index (χ0n) is 11.2. The number of rotatable bonds is 4. The van der Waals surface area contributed by atoms with Crippen LogP contribution in [0, 0.1) is 5.92 Å². The van der Waals surface area contributed by atoms with Gasteiger partial charge in [0, 0.05) is 20.0 Å². The molecule has 0 aliphatic carbocycles. The summed E-state index contributed by atoms with van der Waals surface area (Å²) in [7, 11) is 0. The second-order valence-corrected chi connectivity index (χ2v) is 4.54. The van der Waals surface area contributed by atoms with E-state index >= 15 is 0 Å². The molecule has 0 bridgehead atoms. The fraction of sp³-hybridized carbons (Fsp3) is 0.429. The van der Waals surface area contributed by atoms with Gasteiger partial charge in [0.05, 0.1) is 18.2 Å². The Labute approximate surface area is 112 Å². The van der Waals surface area contributed by atoms with Gasteiger partial charge in [-0.3, -0.25) is 9.59 Å².